The summed E-state index contributed by atoms with van der Waals surface area (Å²) >= 11 is 0. The van der Waals surface area contributed by atoms with Crippen LogP contribution in [0.5, 0.6) is 0 Å². The molecule has 0 spiro atoms. The van der Waals surface area contributed by atoms with Gasteiger partial charge in [0.2, 0.25) is 5.91 Å². The minimum atomic E-state index is 0.303. The van der Waals surface area contributed by atoms with Crippen LogP contribution in [0, 0.1) is 11.8 Å². The molecule has 2 aliphatic rings. The fourth-order valence-electron chi connectivity index (χ4n) is 3.36. The first kappa shape index (κ1) is 14.8. The van der Waals surface area contributed by atoms with Crippen molar-refractivity contribution in [2.45, 2.75) is 39.0 Å². The fraction of sp³-hybridized carbons (Fsp3) is 0.933. The molecule has 0 aromatic heterocycles. The van der Waals surface area contributed by atoms with Gasteiger partial charge in [-0.15, -0.1) is 0 Å². The number of nitrogens with zero attached hydrogens (tertiary/aromatic N) is 2. The number of nitrogens with two attached hydrogens (primary N) is 1. The zero-order valence-electron chi connectivity index (χ0n) is 12.3. The summed E-state index contributed by atoms with van der Waals surface area (Å²) in [4.78, 5) is 17.1. The number of hydrogen-bond acceptors (Lipinski definition) is 3. The van der Waals surface area contributed by atoms with Crippen molar-refractivity contribution < 1.29 is 4.79 Å². The molecule has 0 aromatic rings. The van der Waals surface area contributed by atoms with Gasteiger partial charge < -0.3 is 15.5 Å². The third-order valence-electron chi connectivity index (χ3n) is 4.71. The molecular weight excluding hydrogens is 238 g/mol. The monoisotopic (exact) mass is 267 g/mol. The van der Waals surface area contributed by atoms with E-state index in [4.69, 9.17) is 5.73 Å². The van der Waals surface area contributed by atoms with Gasteiger partial charge in [-0.2, -0.15) is 0 Å². The van der Waals surface area contributed by atoms with E-state index in [9.17, 15) is 4.79 Å². The largest absolute Gasteiger partial charge is 0.341 e. The van der Waals surface area contributed by atoms with Crippen LogP contribution in [-0.2, 0) is 4.79 Å². The number of rotatable bonds is 3. The molecule has 110 valence electrons. The second-order valence-electron chi connectivity index (χ2n) is 6.27. The predicted octanol–water partition coefficient (Wildman–Crippen LogP) is 1.31. The molecular formula is C15H29N3O. The van der Waals surface area contributed by atoms with Crippen LogP contribution in [0.25, 0.3) is 0 Å². The van der Waals surface area contributed by atoms with Crippen LogP contribution in [0.3, 0.4) is 0 Å². The standard InChI is InChI=1S/C15H29N3O/c1-13-3-5-14(6-4-13)15(19)18-9-2-8-17(10-7-16)11-12-18/h13-14H,2-12,16H2,1H3. The average molecular weight is 267 g/mol. The van der Waals surface area contributed by atoms with Crippen LogP contribution in [0.4, 0.5) is 0 Å². The van der Waals surface area contributed by atoms with Crippen molar-refractivity contribution in [3.8, 4) is 0 Å². The Kier molecular flexibility index (Phi) is 5.64. The van der Waals surface area contributed by atoms with Crippen LogP contribution in [0.1, 0.15) is 39.0 Å². The molecule has 0 bridgehead atoms. The summed E-state index contributed by atoms with van der Waals surface area (Å²) in [6, 6.07) is 0. The predicted molar refractivity (Wildman–Crippen MR) is 77.8 cm³/mol. The van der Waals surface area contributed by atoms with Crippen molar-refractivity contribution in [2.24, 2.45) is 17.6 Å². The maximum absolute atomic E-state index is 12.6. The topological polar surface area (TPSA) is 49.6 Å². The second kappa shape index (κ2) is 7.25. The normalized spacial score (nSPS) is 30.1. The minimum absolute atomic E-state index is 0.303. The molecule has 4 heteroatoms. The quantitative estimate of drug-likeness (QED) is 0.838. The SMILES string of the molecule is CC1CCC(C(=O)N2CCCN(CCN)CC2)CC1. The smallest absolute Gasteiger partial charge is 0.225 e. The molecule has 0 unspecified atom stereocenters. The molecule has 4 nitrogen and oxygen atoms in total. The zero-order valence-corrected chi connectivity index (χ0v) is 12.3. The Morgan fingerprint density at radius 1 is 1.11 bits per heavy atom. The molecule has 0 radical (unpaired) electrons. The second-order valence-corrected chi connectivity index (χ2v) is 6.27. The Morgan fingerprint density at radius 2 is 1.84 bits per heavy atom. The van der Waals surface area contributed by atoms with Gasteiger partial charge in [0.05, 0.1) is 0 Å². The van der Waals surface area contributed by atoms with Gasteiger partial charge >= 0.3 is 0 Å². The van der Waals surface area contributed by atoms with Crippen LogP contribution in [0.2, 0.25) is 0 Å². The van der Waals surface area contributed by atoms with Crippen LogP contribution in [-0.4, -0.2) is 55.0 Å². The number of amides is 1. The van der Waals surface area contributed by atoms with E-state index in [1.165, 1.54) is 12.8 Å². The van der Waals surface area contributed by atoms with Crippen molar-refractivity contribution in [2.75, 3.05) is 39.3 Å². The number of carbonyl (C=O) groups excluding carboxylic acids is 1. The van der Waals surface area contributed by atoms with Crippen LogP contribution >= 0.6 is 0 Å². The molecule has 1 aliphatic carbocycles. The number of hydrogen-bond donors (Lipinski definition) is 1. The molecule has 19 heavy (non-hydrogen) atoms. The van der Waals surface area contributed by atoms with E-state index >= 15 is 0 Å². The average Bonchev–Trinajstić information content (AvgIpc) is 2.65. The fourth-order valence-corrected chi connectivity index (χ4v) is 3.36. The summed E-state index contributed by atoms with van der Waals surface area (Å²) in [6.07, 6.45) is 5.74. The van der Waals surface area contributed by atoms with E-state index in [0.717, 1.165) is 57.9 Å². The first-order chi connectivity index (χ1) is 9.20. The molecule has 0 atom stereocenters. The first-order valence-corrected chi connectivity index (χ1v) is 7.92. The van der Waals surface area contributed by atoms with Gasteiger partial charge in [-0.1, -0.05) is 6.92 Å². The maximum Gasteiger partial charge on any atom is 0.225 e. The molecule has 1 saturated carbocycles. The molecule has 1 heterocycles. The highest BCUT2D eigenvalue weighted by atomic mass is 16.2. The van der Waals surface area contributed by atoms with Gasteiger partial charge in [-0.05, 0) is 44.6 Å². The highest BCUT2D eigenvalue weighted by molar-refractivity contribution is 5.79. The molecule has 2 fully saturated rings. The summed E-state index contributed by atoms with van der Waals surface area (Å²) < 4.78 is 0. The summed E-state index contributed by atoms with van der Waals surface area (Å²) in [5, 5.41) is 0. The van der Waals surface area contributed by atoms with Gasteiger partial charge in [0, 0.05) is 38.6 Å². The Balaban J connectivity index is 1.82. The highest BCUT2D eigenvalue weighted by Crippen LogP contribution is 2.29. The van der Waals surface area contributed by atoms with Crippen molar-refractivity contribution >= 4 is 5.91 Å². The lowest BCUT2D eigenvalue weighted by molar-refractivity contribution is -0.136. The third-order valence-corrected chi connectivity index (χ3v) is 4.71. The number of carbonyl (C=O) groups is 1. The highest BCUT2D eigenvalue weighted by Gasteiger charge is 2.28. The van der Waals surface area contributed by atoms with Gasteiger partial charge in [0.1, 0.15) is 0 Å². The Bertz CT molecular complexity index is 287. The Morgan fingerprint density at radius 3 is 2.53 bits per heavy atom. The van der Waals surface area contributed by atoms with Crippen molar-refractivity contribution in [3.63, 3.8) is 0 Å². The van der Waals surface area contributed by atoms with Gasteiger partial charge in [0.25, 0.3) is 0 Å². The molecule has 2 rings (SSSR count). The van der Waals surface area contributed by atoms with Gasteiger partial charge in [0.15, 0.2) is 0 Å². The lowest BCUT2D eigenvalue weighted by Crippen LogP contribution is -2.40. The Hall–Kier alpha value is -0.610. The molecule has 1 saturated heterocycles. The molecule has 1 amide bonds. The van der Waals surface area contributed by atoms with Crippen molar-refractivity contribution in [1.82, 2.24) is 9.80 Å². The van der Waals surface area contributed by atoms with Crippen molar-refractivity contribution in [3.05, 3.63) is 0 Å². The molecule has 2 N–H and O–H groups in total. The van der Waals surface area contributed by atoms with Gasteiger partial charge in [-0.3, -0.25) is 4.79 Å². The Labute approximate surface area is 117 Å². The van der Waals surface area contributed by atoms with Gasteiger partial charge in [-0.25, -0.2) is 0 Å². The molecule has 0 aromatic carbocycles. The maximum atomic E-state index is 12.6. The molecule has 1 aliphatic heterocycles. The van der Waals surface area contributed by atoms with E-state index in [1.807, 2.05) is 0 Å². The van der Waals surface area contributed by atoms with Crippen LogP contribution in [0.15, 0.2) is 0 Å². The summed E-state index contributed by atoms with van der Waals surface area (Å²) in [5.41, 5.74) is 5.61. The minimum Gasteiger partial charge on any atom is -0.341 e. The summed E-state index contributed by atoms with van der Waals surface area (Å²) in [6.45, 7) is 7.89. The zero-order chi connectivity index (χ0) is 13.7. The lowest BCUT2D eigenvalue weighted by atomic mass is 9.82. The lowest BCUT2D eigenvalue weighted by Gasteiger charge is -2.30. The van der Waals surface area contributed by atoms with E-state index < -0.39 is 0 Å². The third kappa shape index (κ3) is 4.18. The summed E-state index contributed by atoms with van der Waals surface area (Å²) in [7, 11) is 0. The van der Waals surface area contributed by atoms with E-state index in [2.05, 4.69) is 16.7 Å². The summed E-state index contributed by atoms with van der Waals surface area (Å²) in [5.74, 6) is 1.53. The first-order valence-electron chi connectivity index (χ1n) is 7.92. The van der Waals surface area contributed by atoms with E-state index in [0.29, 0.717) is 18.4 Å². The van der Waals surface area contributed by atoms with Crippen molar-refractivity contribution in [1.29, 1.82) is 0 Å². The van der Waals surface area contributed by atoms with E-state index in [1.54, 1.807) is 0 Å². The van der Waals surface area contributed by atoms with E-state index in [-0.39, 0.29) is 0 Å². The van der Waals surface area contributed by atoms with Crippen LogP contribution < -0.4 is 5.73 Å².